The topological polar surface area (TPSA) is 33.3 Å². The Balaban J connectivity index is 1.54. The summed E-state index contributed by atoms with van der Waals surface area (Å²) in [5.41, 5.74) is 1.13. The van der Waals surface area contributed by atoms with Crippen LogP contribution in [0.5, 0.6) is 0 Å². The van der Waals surface area contributed by atoms with Gasteiger partial charge in [-0.3, -0.25) is 0 Å². The van der Waals surface area contributed by atoms with Gasteiger partial charge in [-0.05, 0) is 25.0 Å². The van der Waals surface area contributed by atoms with Gasteiger partial charge in [0, 0.05) is 11.7 Å². The molecule has 0 amide bonds. The highest BCUT2D eigenvalue weighted by Gasteiger charge is 2.36. The van der Waals surface area contributed by atoms with Crippen molar-refractivity contribution < 1.29 is 4.74 Å². The Morgan fingerprint density at radius 3 is 2.53 bits per heavy atom. The molecule has 0 bridgehead atoms. The Labute approximate surface area is 89.8 Å². The maximum atomic E-state index is 5.50. The average Bonchev–Trinajstić information content (AvgIpc) is 3.07. The molecule has 3 nitrogen and oxygen atoms in total. The van der Waals surface area contributed by atoms with Crippen LogP contribution >= 0.6 is 0 Å². The molecule has 1 aromatic carbocycles. The standard InChI is InChI=1S/C12H16N2O/c1-2-4-9(5-3-1)14-12-11(8-15-12)13-10-6-7-10/h1-5,10-14H,6-8H2. The van der Waals surface area contributed by atoms with Gasteiger partial charge in [-0.15, -0.1) is 0 Å². The van der Waals surface area contributed by atoms with Crippen LogP contribution in [0.15, 0.2) is 30.3 Å². The van der Waals surface area contributed by atoms with Crippen LogP contribution in [0.1, 0.15) is 12.8 Å². The van der Waals surface area contributed by atoms with Crippen molar-refractivity contribution in [3.05, 3.63) is 30.3 Å². The highest BCUT2D eigenvalue weighted by atomic mass is 16.5. The molecule has 0 aromatic heterocycles. The van der Waals surface area contributed by atoms with Crippen LogP contribution < -0.4 is 10.6 Å². The maximum absolute atomic E-state index is 5.50. The number of rotatable bonds is 4. The lowest BCUT2D eigenvalue weighted by molar-refractivity contribution is -0.0698. The van der Waals surface area contributed by atoms with Crippen molar-refractivity contribution in [3.8, 4) is 0 Å². The zero-order chi connectivity index (χ0) is 10.1. The molecule has 1 aliphatic carbocycles. The molecule has 1 saturated heterocycles. The van der Waals surface area contributed by atoms with Gasteiger partial charge in [0.05, 0.1) is 12.6 Å². The average molecular weight is 204 g/mol. The Morgan fingerprint density at radius 2 is 1.93 bits per heavy atom. The number of ether oxygens (including phenoxy) is 1. The third kappa shape index (κ3) is 2.13. The molecule has 1 aromatic rings. The molecular weight excluding hydrogens is 188 g/mol. The summed E-state index contributed by atoms with van der Waals surface area (Å²) in [6, 6.07) is 11.4. The Kier molecular flexibility index (Phi) is 2.35. The third-order valence-corrected chi connectivity index (χ3v) is 2.93. The van der Waals surface area contributed by atoms with E-state index in [4.69, 9.17) is 4.74 Å². The largest absolute Gasteiger partial charge is 0.359 e. The number of anilines is 1. The number of para-hydroxylation sites is 1. The van der Waals surface area contributed by atoms with E-state index in [0.717, 1.165) is 18.3 Å². The van der Waals surface area contributed by atoms with Gasteiger partial charge in [-0.1, -0.05) is 18.2 Å². The first kappa shape index (κ1) is 9.19. The van der Waals surface area contributed by atoms with Gasteiger partial charge >= 0.3 is 0 Å². The van der Waals surface area contributed by atoms with E-state index in [1.54, 1.807) is 0 Å². The smallest absolute Gasteiger partial charge is 0.145 e. The monoisotopic (exact) mass is 204 g/mol. The van der Waals surface area contributed by atoms with Crippen molar-refractivity contribution in [1.29, 1.82) is 0 Å². The van der Waals surface area contributed by atoms with Crippen LogP contribution in [0.4, 0.5) is 5.69 Å². The van der Waals surface area contributed by atoms with Crippen LogP contribution in [0.2, 0.25) is 0 Å². The van der Waals surface area contributed by atoms with Gasteiger partial charge in [-0.2, -0.15) is 0 Å². The molecule has 2 aliphatic rings. The second kappa shape index (κ2) is 3.83. The summed E-state index contributed by atoms with van der Waals surface area (Å²) in [5.74, 6) is 0. The molecule has 3 heteroatoms. The van der Waals surface area contributed by atoms with Crippen molar-refractivity contribution in [2.45, 2.75) is 31.2 Å². The van der Waals surface area contributed by atoms with E-state index in [1.807, 2.05) is 18.2 Å². The van der Waals surface area contributed by atoms with E-state index in [-0.39, 0.29) is 6.23 Å². The number of hydrogen-bond donors (Lipinski definition) is 2. The third-order valence-electron chi connectivity index (χ3n) is 2.93. The highest BCUT2D eigenvalue weighted by Crippen LogP contribution is 2.24. The Bertz CT molecular complexity index is 324. The molecule has 0 radical (unpaired) electrons. The fourth-order valence-corrected chi connectivity index (χ4v) is 1.82. The maximum Gasteiger partial charge on any atom is 0.145 e. The quantitative estimate of drug-likeness (QED) is 0.781. The molecule has 1 saturated carbocycles. The summed E-state index contributed by atoms with van der Waals surface area (Å²) >= 11 is 0. The second-order valence-electron chi connectivity index (χ2n) is 4.31. The minimum absolute atomic E-state index is 0.146. The molecule has 2 atom stereocenters. The van der Waals surface area contributed by atoms with Crippen LogP contribution in [-0.2, 0) is 4.74 Å². The number of hydrogen-bond acceptors (Lipinski definition) is 3. The van der Waals surface area contributed by atoms with E-state index in [1.165, 1.54) is 12.8 Å². The van der Waals surface area contributed by atoms with Gasteiger partial charge < -0.3 is 15.4 Å². The van der Waals surface area contributed by atoms with Crippen LogP contribution in [-0.4, -0.2) is 24.9 Å². The number of benzene rings is 1. The van der Waals surface area contributed by atoms with Gasteiger partial charge in [0.25, 0.3) is 0 Å². The fourth-order valence-electron chi connectivity index (χ4n) is 1.82. The Morgan fingerprint density at radius 1 is 1.13 bits per heavy atom. The summed E-state index contributed by atoms with van der Waals surface area (Å²) in [4.78, 5) is 0. The minimum Gasteiger partial charge on any atom is -0.359 e. The van der Waals surface area contributed by atoms with Crippen molar-refractivity contribution in [2.24, 2.45) is 0 Å². The summed E-state index contributed by atoms with van der Waals surface area (Å²) in [7, 11) is 0. The lowest BCUT2D eigenvalue weighted by Crippen LogP contribution is -2.58. The van der Waals surface area contributed by atoms with Gasteiger partial charge in [0.15, 0.2) is 0 Å². The van der Waals surface area contributed by atoms with Gasteiger partial charge in [-0.25, -0.2) is 0 Å². The Hall–Kier alpha value is -1.06. The van der Waals surface area contributed by atoms with Crippen LogP contribution in [0.3, 0.4) is 0 Å². The molecule has 2 N–H and O–H groups in total. The lowest BCUT2D eigenvalue weighted by Gasteiger charge is -2.38. The summed E-state index contributed by atoms with van der Waals surface area (Å²) in [6.07, 6.45) is 2.80. The van der Waals surface area contributed by atoms with Crippen molar-refractivity contribution >= 4 is 5.69 Å². The molecular formula is C12H16N2O. The molecule has 2 unspecified atom stereocenters. The molecule has 3 rings (SSSR count). The van der Waals surface area contributed by atoms with E-state index >= 15 is 0 Å². The molecule has 15 heavy (non-hydrogen) atoms. The second-order valence-corrected chi connectivity index (χ2v) is 4.31. The summed E-state index contributed by atoms with van der Waals surface area (Å²) in [6.45, 7) is 0.834. The van der Waals surface area contributed by atoms with Crippen molar-refractivity contribution in [2.75, 3.05) is 11.9 Å². The normalized spacial score (nSPS) is 29.6. The van der Waals surface area contributed by atoms with E-state index in [2.05, 4.69) is 22.8 Å². The first-order valence-electron chi connectivity index (χ1n) is 5.61. The molecule has 1 heterocycles. The predicted molar refractivity (Wildman–Crippen MR) is 59.8 cm³/mol. The molecule has 80 valence electrons. The minimum atomic E-state index is 0.146. The van der Waals surface area contributed by atoms with Crippen LogP contribution in [0, 0.1) is 0 Å². The van der Waals surface area contributed by atoms with Crippen molar-refractivity contribution in [1.82, 2.24) is 5.32 Å². The van der Waals surface area contributed by atoms with E-state index in [9.17, 15) is 0 Å². The van der Waals surface area contributed by atoms with E-state index < -0.39 is 0 Å². The summed E-state index contributed by atoms with van der Waals surface area (Å²) in [5, 5.41) is 6.95. The molecule has 2 fully saturated rings. The first-order chi connectivity index (χ1) is 7.42. The number of nitrogens with one attached hydrogen (secondary N) is 2. The fraction of sp³-hybridized carbons (Fsp3) is 0.500. The highest BCUT2D eigenvalue weighted by molar-refractivity contribution is 5.43. The van der Waals surface area contributed by atoms with E-state index in [0.29, 0.717) is 6.04 Å². The zero-order valence-electron chi connectivity index (χ0n) is 8.65. The first-order valence-corrected chi connectivity index (χ1v) is 5.61. The lowest BCUT2D eigenvalue weighted by atomic mass is 10.2. The molecule has 1 aliphatic heterocycles. The van der Waals surface area contributed by atoms with Gasteiger partial charge in [0.2, 0.25) is 0 Å². The SMILES string of the molecule is c1ccc(NC2OCC2NC2CC2)cc1. The molecule has 0 spiro atoms. The predicted octanol–water partition coefficient (Wildman–Crippen LogP) is 1.58. The van der Waals surface area contributed by atoms with Crippen molar-refractivity contribution in [3.63, 3.8) is 0 Å². The zero-order valence-corrected chi connectivity index (χ0v) is 8.65. The van der Waals surface area contributed by atoms with Crippen LogP contribution in [0.25, 0.3) is 0 Å². The summed E-state index contributed by atoms with van der Waals surface area (Å²) < 4.78 is 5.50. The van der Waals surface area contributed by atoms with Gasteiger partial charge in [0.1, 0.15) is 6.23 Å².